The van der Waals surface area contributed by atoms with E-state index in [1.807, 2.05) is 23.6 Å². The van der Waals surface area contributed by atoms with Crippen molar-refractivity contribution in [2.75, 3.05) is 6.61 Å². The standard InChI is InChI=1S/C22H19FN2O2/c1-3-27-22(26)21-12-20(18-8-4-16(13-24)5-9-18)15(2)25(21)14-17-6-10-19(23)11-7-17/h4-12H,3,14H2,1-2H3. The molecule has 0 spiro atoms. The maximum absolute atomic E-state index is 13.2. The summed E-state index contributed by atoms with van der Waals surface area (Å²) in [5.74, 6) is -0.700. The van der Waals surface area contributed by atoms with Crippen molar-refractivity contribution >= 4 is 5.97 Å². The van der Waals surface area contributed by atoms with Gasteiger partial charge in [0.1, 0.15) is 11.5 Å². The van der Waals surface area contributed by atoms with Crippen molar-refractivity contribution in [3.63, 3.8) is 0 Å². The van der Waals surface area contributed by atoms with Crippen LogP contribution in [0.3, 0.4) is 0 Å². The van der Waals surface area contributed by atoms with Crippen LogP contribution >= 0.6 is 0 Å². The first-order chi connectivity index (χ1) is 13.0. The molecule has 3 aromatic rings. The van der Waals surface area contributed by atoms with Gasteiger partial charge in [-0.3, -0.25) is 0 Å². The highest BCUT2D eigenvalue weighted by atomic mass is 19.1. The Morgan fingerprint density at radius 1 is 1.15 bits per heavy atom. The Hall–Kier alpha value is -3.39. The number of aromatic nitrogens is 1. The second-order valence-corrected chi connectivity index (χ2v) is 6.15. The van der Waals surface area contributed by atoms with Crippen LogP contribution in [0.4, 0.5) is 4.39 Å². The number of benzene rings is 2. The van der Waals surface area contributed by atoms with E-state index in [9.17, 15) is 9.18 Å². The van der Waals surface area contributed by atoms with Gasteiger partial charge in [0.25, 0.3) is 0 Å². The summed E-state index contributed by atoms with van der Waals surface area (Å²) in [5.41, 5.74) is 4.60. The first-order valence-electron chi connectivity index (χ1n) is 8.65. The number of carbonyl (C=O) groups excluding carboxylic acids is 1. The lowest BCUT2D eigenvalue weighted by atomic mass is 10.0. The van der Waals surface area contributed by atoms with Gasteiger partial charge >= 0.3 is 5.97 Å². The summed E-state index contributed by atoms with van der Waals surface area (Å²) in [6.45, 7) is 4.40. The summed E-state index contributed by atoms with van der Waals surface area (Å²) in [6, 6.07) is 17.3. The van der Waals surface area contributed by atoms with Gasteiger partial charge in [-0.15, -0.1) is 0 Å². The number of carbonyl (C=O) groups is 1. The molecule has 0 saturated heterocycles. The number of hydrogen-bond donors (Lipinski definition) is 0. The van der Waals surface area contributed by atoms with Crippen molar-refractivity contribution in [1.29, 1.82) is 5.26 Å². The average Bonchev–Trinajstić information content (AvgIpc) is 3.00. The molecule has 2 aromatic carbocycles. The number of hydrogen-bond acceptors (Lipinski definition) is 3. The molecule has 136 valence electrons. The van der Waals surface area contributed by atoms with E-state index >= 15 is 0 Å². The molecule has 4 nitrogen and oxygen atoms in total. The summed E-state index contributed by atoms with van der Waals surface area (Å²) >= 11 is 0. The van der Waals surface area contributed by atoms with Crippen molar-refractivity contribution in [3.8, 4) is 17.2 Å². The molecule has 1 heterocycles. The fourth-order valence-electron chi connectivity index (χ4n) is 3.01. The number of esters is 1. The molecular weight excluding hydrogens is 343 g/mol. The Morgan fingerprint density at radius 2 is 1.81 bits per heavy atom. The molecule has 0 radical (unpaired) electrons. The molecule has 0 aliphatic rings. The molecule has 1 aromatic heterocycles. The molecule has 0 bridgehead atoms. The molecule has 0 atom stereocenters. The van der Waals surface area contributed by atoms with Crippen LogP contribution in [0.1, 0.15) is 34.2 Å². The molecule has 27 heavy (non-hydrogen) atoms. The smallest absolute Gasteiger partial charge is 0.354 e. The monoisotopic (exact) mass is 362 g/mol. The largest absolute Gasteiger partial charge is 0.461 e. The zero-order valence-electron chi connectivity index (χ0n) is 15.2. The van der Waals surface area contributed by atoms with E-state index in [4.69, 9.17) is 10.00 Å². The van der Waals surface area contributed by atoms with Gasteiger partial charge in [-0.05, 0) is 55.3 Å². The Balaban J connectivity index is 2.06. The number of nitriles is 1. The molecule has 0 fully saturated rings. The van der Waals surface area contributed by atoms with Gasteiger partial charge in [0.2, 0.25) is 0 Å². The van der Waals surface area contributed by atoms with Crippen LogP contribution in [0.15, 0.2) is 54.6 Å². The highest BCUT2D eigenvalue weighted by Gasteiger charge is 2.20. The van der Waals surface area contributed by atoms with Gasteiger partial charge < -0.3 is 9.30 Å². The van der Waals surface area contributed by atoms with Gasteiger partial charge in [0.15, 0.2) is 0 Å². The topological polar surface area (TPSA) is 55.0 Å². The minimum atomic E-state index is -0.400. The Kier molecular flexibility index (Phi) is 5.37. The normalized spacial score (nSPS) is 10.4. The predicted molar refractivity (Wildman–Crippen MR) is 101 cm³/mol. The maximum atomic E-state index is 13.2. The van der Waals surface area contributed by atoms with E-state index in [2.05, 4.69) is 6.07 Å². The minimum Gasteiger partial charge on any atom is -0.461 e. The van der Waals surface area contributed by atoms with E-state index in [0.29, 0.717) is 17.8 Å². The lowest BCUT2D eigenvalue weighted by molar-refractivity contribution is 0.0514. The Morgan fingerprint density at radius 3 is 2.41 bits per heavy atom. The zero-order valence-corrected chi connectivity index (χ0v) is 15.2. The van der Waals surface area contributed by atoms with E-state index < -0.39 is 5.97 Å². The van der Waals surface area contributed by atoms with Crippen molar-refractivity contribution in [2.45, 2.75) is 20.4 Å². The Labute approximate surface area is 157 Å². The molecule has 0 aliphatic heterocycles. The van der Waals surface area contributed by atoms with Crippen LogP contribution in [0, 0.1) is 24.1 Å². The fraction of sp³-hybridized carbons (Fsp3) is 0.182. The van der Waals surface area contributed by atoms with E-state index in [1.165, 1.54) is 12.1 Å². The van der Waals surface area contributed by atoms with E-state index in [1.54, 1.807) is 37.3 Å². The van der Waals surface area contributed by atoms with E-state index in [0.717, 1.165) is 22.4 Å². The van der Waals surface area contributed by atoms with E-state index in [-0.39, 0.29) is 12.4 Å². The Bertz CT molecular complexity index is 997. The van der Waals surface area contributed by atoms with Crippen molar-refractivity contribution in [1.82, 2.24) is 4.57 Å². The molecule has 0 amide bonds. The van der Waals surface area contributed by atoms with Gasteiger partial charge in [-0.1, -0.05) is 24.3 Å². The van der Waals surface area contributed by atoms with Gasteiger partial charge in [0, 0.05) is 17.8 Å². The molecule has 3 rings (SSSR count). The van der Waals surface area contributed by atoms with Crippen molar-refractivity contribution in [2.24, 2.45) is 0 Å². The van der Waals surface area contributed by atoms with Crippen LogP contribution in [-0.2, 0) is 11.3 Å². The summed E-state index contributed by atoms with van der Waals surface area (Å²) in [4.78, 5) is 12.5. The molecule has 5 heteroatoms. The van der Waals surface area contributed by atoms with Crippen molar-refractivity contribution < 1.29 is 13.9 Å². The number of ether oxygens (including phenoxy) is 1. The first kappa shape index (κ1) is 18.4. The lowest BCUT2D eigenvalue weighted by Crippen LogP contribution is -2.14. The first-order valence-corrected chi connectivity index (χ1v) is 8.65. The molecule has 0 unspecified atom stereocenters. The third kappa shape index (κ3) is 3.90. The molecular formula is C22H19FN2O2. The second kappa shape index (κ2) is 7.88. The van der Waals surface area contributed by atoms with Crippen molar-refractivity contribution in [3.05, 3.63) is 82.9 Å². The summed E-state index contributed by atoms with van der Waals surface area (Å²) in [7, 11) is 0. The molecule has 0 N–H and O–H groups in total. The quantitative estimate of drug-likeness (QED) is 0.618. The van der Waals surface area contributed by atoms with Gasteiger partial charge in [-0.2, -0.15) is 5.26 Å². The summed E-state index contributed by atoms with van der Waals surface area (Å²) in [5, 5.41) is 8.98. The van der Waals surface area contributed by atoms with Crippen LogP contribution in [-0.4, -0.2) is 17.1 Å². The van der Waals surface area contributed by atoms with Gasteiger partial charge in [-0.25, -0.2) is 9.18 Å². The van der Waals surface area contributed by atoms with Crippen LogP contribution in [0.5, 0.6) is 0 Å². The predicted octanol–water partition coefficient (Wildman–Crippen LogP) is 4.70. The fourth-order valence-corrected chi connectivity index (χ4v) is 3.01. The lowest BCUT2D eigenvalue weighted by Gasteiger charge is -2.12. The number of rotatable bonds is 5. The number of nitrogens with zero attached hydrogens (tertiary/aromatic N) is 2. The van der Waals surface area contributed by atoms with Crippen LogP contribution < -0.4 is 0 Å². The highest BCUT2D eigenvalue weighted by Crippen LogP contribution is 2.28. The number of halogens is 1. The maximum Gasteiger partial charge on any atom is 0.354 e. The summed E-state index contributed by atoms with van der Waals surface area (Å²) < 4.78 is 20.3. The SMILES string of the molecule is CCOC(=O)c1cc(-c2ccc(C#N)cc2)c(C)n1Cc1ccc(F)cc1. The van der Waals surface area contributed by atoms with Crippen LogP contribution in [0.2, 0.25) is 0 Å². The third-order valence-electron chi connectivity index (χ3n) is 4.43. The highest BCUT2D eigenvalue weighted by molar-refractivity contribution is 5.90. The zero-order chi connectivity index (χ0) is 19.4. The molecule has 0 aliphatic carbocycles. The second-order valence-electron chi connectivity index (χ2n) is 6.15. The summed E-state index contributed by atoms with van der Waals surface area (Å²) in [6.07, 6.45) is 0. The third-order valence-corrected chi connectivity index (χ3v) is 4.43. The van der Waals surface area contributed by atoms with Crippen LogP contribution in [0.25, 0.3) is 11.1 Å². The molecule has 0 saturated carbocycles. The minimum absolute atomic E-state index is 0.284. The average molecular weight is 362 g/mol. The van der Waals surface area contributed by atoms with Gasteiger partial charge in [0.05, 0.1) is 18.2 Å².